The molecular weight excluding hydrogens is 1280 g/mol. The lowest BCUT2D eigenvalue weighted by atomic mass is 9.55. The molecule has 532 valence electrons. The van der Waals surface area contributed by atoms with Crippen molar-refractivity contribution < 1.29 is 122 Å². The third-order valence-electron chi connectivity index (χ3n) is 22.1. The van der Waals surface area contributed by atoms with Crippen molar-refractivity contribution in [2.24, 2.45) is 11.8 Å². The maximum Gasteiger partial charge on any atom is 0.195 e. The Morgan fingerprint density at radius 1 is 0.531 bits per heavy atom. The summed E-state index contributed by atoms with van der Waals surface area (Å²) in [5.41, 5.74) is 1.66. The van der Waals surface area contributed by atoms with Crippen LogP contribution in [0.3, 0.4) is 0 Å². The predicted molar refractivity (Wildman–Crippen MR) is 343 cm³/mol. The summed E-state index contributed by atoms with van der Waals surface area (Å²) in [6, 6.07) is -3.03. The van der Waals surface area contributed by atoms with Crippen molar-refractivity contribution in [1.29, 1.82) is 0 Å². The molecule has 0 radical (unpaired) electrons. The normalized spacial score (nSPS) is 38.3. The molecule has 0 amide bonds. The highest BCUT2D eigenvalue weighted by atomic mass is 16.7. The molecule has 0 saturated carbocycles. The number of phenolic OH excluding ortho intramolecular Hbond substituents is 4. The second kappa shape index (κ2) is 26.8. The number of phenols is 4. The first-order valence-corrected chi connectivity index (χ1v) is 33.2. The molecule has 4 heterocycles. The summed E-state index contributed by atoms with van der Waals surface area (Å²) in [5, 5.41) is 92.2. The molecule has 4 aliphatic heterocycles. The van der Waals surface area contributed by atoms with Crippen LogP contribution >= 0.6 is 0 Å². The van der Waals surface area contributed by atoms with Crippen LogP contribution in [0.1, 0.15) is 150 Å². The summed E-state index contributed by atoms with van der Waals surface area (Å²) < 4.78 is 81.3. The van der Waals surface area contributed by atoms with E-state index in [1.165, 1.54) is 34.5 Å². The molecule has 8 N–H and O–H groups in total. The number of carbonyl (C=O) groups is 5. The van der Waals surface area contributed by atoms with Crippen LogP contribution in [0.4, 0.5) is 0 Å². The Hall–Kier alpha value is -6.55. The smallest absolute Gasteiger partial charge is 0.195 e. The van der Waals surface area contributed by atoms with Crippen molar-refractivity contribution in [3.8, 4) is 23.0 Å². The van der Waals surface area contributed by atoms with Gasteiger partial charge in [-0.05, 0) is 105 Å². The van der Waals surface area contributed by atoms with Crippen molar-refractivity contribution >= 4 is 46.1 Å². The van der Waals surface area contributed by atoms with Crippen LogP contribution in [-0.4, -0.2) is 253 Å². The van der Waals surface area contributed by atoms with Gasteiger partial charge in [-0.2, -0.15) is 0 Å². The minimum Gasteiger partial charge on any atom is -0.511 e. The predicted octanol–water partition coefficient (Wildman–Crippen LogP) is 3.77. The van der Waals surface area contributed by atoms with Crippen LogP contribution in [-0.2, 0) is 61.6 Å². The van der Waals surface area contributed by atoms with E-state index < -0.39 is 242 Å². The number of aromatic hydroxyl groups is 4. The van der Waals surface area contributed by atoms with Gasteiger partial charge in [0.1, 0.15) is 64.4 Å². The summed E-state index contributed by atoms with van der Waals surface area (Å²) >= 11 is 0. The number of nitrogens with zero attached hydrogens (tertiary/aromatic N) is 3. The molecule has 1 unspecified atom stereocenters. The van der Waals surface area contributed by atoms with Gasteiger partial charge in [0.2, 0.25) is 0 Å². The van der Waals surface area contributed by atoms with E-state index >= 15 is 4.79 Å². The lowest BCUT2D eigenvalue weighted by Crippen LogP contribution is -2.72. The number of aliphatic hydroxyl groups excluding tert-OH is 3. The van der Waals surface area contributed by atoms with E-state index in [0.29, 0.717) is 0 Å². The number of benzene rings is 2. The maximum atomic E-state index is 18.0. The fourth-order valence-electron chi connectivity index (χ4n) is 17.9. The number of hydrogen-bond acceptors (Lipinski definition) is 26. The molecule has 0 aromatic heterocycles. The Balaban J connectivity index is 1.22. The molecule has 23 atom stereocenters. The molecule has 2 aromatic rings. The molecule has 6 aliphatic carbocycles. The number of hydrogen-bond donors (Lipinski definition) is 8. The van der Waals surface area contributed by atoms with E-state index in [9.17, 15) is 60.5 Å². The number of aliphatic hydroxyl groups is 3. The third-order valence-corrected chi connectivity index (χ3v) is 22.1. The van der Waals surface area contributed by atoms with Crippen molar-refractivity contribution in [3.63, 3.8) is 0 Å². The van der Waals surface area contributed by atoms with Crippen molar-refractivity contribution in [2.75, 3.05) is 56.6 Å². The third kappa shape index (κ3) is 10.9. The van der Waals surface area contributed by atoms with Crippen molar-refractivity contribution in [3.05, 3.63) is 91.2 Å². The summed E-state index contributed by atoms with van der Waals surface area (Å²) in [6.07, 6.45) is -14.3. The number of allylic oxidation sites excluding steroid dienone is 5. The summed E-state index contributed by atoms with van der Waals surface area (Å²) in [6.45, 7) is 10.2. The second-order valence-electron chi connectivity index (χ2n) is 27.6. The van der Waals surface area contributed by atoms with E-state index in [0.717, 1.165) is 24.3 Å². The number of nitrogens with one attached hydrogen (secondary N) is 1. The number of ether oxygens (including phenoxy) is 12. The molecule has 2 aromatic carbocycles. The monoisotopic (exact) mass is 1370 g/mol. The number of likely N-dealkylation sites (N-methyl/N-ethyl adjacent to an activating group) is 2. The molecule has 0 bridgehead atoms. The number of carbonyl (C=O) groups excluding carboxylic acids is 5. The fraction of sp³-hybridized carbons (Fsp3) is 0.614. The summed E-state index contributed by atoms with van der Waals surface area (Å²) in [7, 11) is 13.0. The molecule has 0 spiro atoms. The Morgan fingerprint density at radius 2 is 0.949 bits per heavy atom. The Labute approximate surface area is 566 Å². The van der Waals surface area contributed by atoms with Crippen LogP contribution in [0.5, 0.6) is 23.0 Å². The largest absolute Gasteiger partial charge is 0.511 e. The Bertz CT molecular complexity index is 3760. The fourth-order valence-corrected chi connectivity index (χ4v) is 17.9. The number of fused-ring (bicyclic) bond motifs is 7. The number of ketones is 5. The van der Waals surface area contributed by atoms with Gasteiger partial charge >= 0.3 is 0 Å². The minimum atomic E-state index is -2.45. The van der Waals surface area contributed by atoms with Gasteiger partial charge in [0.25, 0.3) is 0 Å². The molecule has 4 saturated heterocycles. The van der Waals surface area contributed by atoms with Gasteiger partial charge in [-0.3, -0.25) is 24.0 Å². The Morgan fingerprint density at radius 3 is 1.37 bits per heavy atom. The standard InChI is InChI=1S/C70H88N4O24/c1-15-69(97-42-24-38(87-11)65(89-13)28(5)93-42)54(63(85)45-31(67(69)95-40-22-36(79)57(73(7)8)26(3)91-40)21-30-44(45)60(82)47-33(76)18-17-32(75)46(47)59(30)81)55-64(86)51-50-52(62(84)49-35(78)20-19-34(77)48(49)61(50)83)56(72-71)53(51)68(96-41-23-37(80)58(74(9)10)27(4)92-41)70(55,16-2)98-43-25-39(88-12)66(90-14)29(6)94-43/h17-21,26-29,36-43,54-58,65-68,72,79-85H,15-16,22-25H2,1-14H3/t26-,27-,28-,29-,36-,37-,38-,39-,40+,41+,42-,43-,54-,55-,56?,57-,58-,65-,66-,67+,68+,69-,70-/m0/s1. The van der Waals surface area contributed by atoms with Crippen LogP contribution in [0.15, 0.2) is 41.2 Å². The average molecular weight is 1370 g/mol. The van der Waals surface area contributed by atoms with Gasteiger partial charge in [0.05, 0.1) is 101 Å². The maximum absolute atomic E-state index is 18.0. The van der Waals surface area contributed by atoms with Crippen LogP contribution in [0.25, 0.3) is 22.8 Å². The van der Waals surface area contributed by atoms with Crippen LogP contribution in [0.2, 0.25) is 0 Å². The highest BCUT2D eigenvalue weighted by Gasteiger charge is 2.72. The SMILES string of the molecule is CC[C@@]1(O[C@H]2C[C@H](OC)[C@@H](OC)[C@H](C)O2)[C@H](O[C@@H]2C[C@H](O)[C@@H](N(C)C)[C@H](C)O2)C2=C(C(=O)[C@@H]1[C@H]1C(O)=C3C(=Cc4c(O)c5c(c(O)c43)C(=O)C=CC5=O)[C@@H](O[C@@H]3C[C@H](O)[C@@H](N(C)C)[C@H](C)O3)[C@@]1(CC)O[C@H]1C[C@H](OC)[C@@H](OC)[C@H](C)O1)c1c(O)c3c(c(O)c1C2[NH+]=[N-])C(=O)C=CC3=O. The van der Waals surface area contributed by atoms with Gasteiger partial charge in [0, 0.05) is 87.5 Å². The first kappa shape index (κ1) is 71.3. The van der Waals surface area contributed by atoms with Gasteiger partial charge in [-0.1, -0.05) is 13.8 Å². The zero-order valence-electron chi connectivity index (χ0n) is 57.2. The van der Waals surface area contributed by atoms with Crippen LogP contribution in [0, 0.1) is 11.8 Å². The molecular formula is C70H88N4O24. The van der Waals surface area contributed by atoms with Crippen LogP contribution < -0.4 is 5.11 Å². The highest BCUT2D eigenvalue weighted by Crippen LogP contribution is 2.66. The average Bonchev–Trinajstić information content (AvgIpc) is 1.41. The minimum absolute atomic E-state index is 0.0639. The first-order chi connectivity index (χ1) is 46.5. The lowest BCUT2D eigenvalue weighted by molar-refractivity contribution is -0.523. The topological polar surface area (TPSA) is 380 Å². The Kier molecular flexibility index (Phi) is 19.5. The van der Waals surface area contributed by atoms with E-state index in [1.54, 1.807) is 79.5 Å². The summed E-state index contributed by atoms with van der Waals surface area (Å²) in [5.74, 6) is -13.2. The molecule has 10 aliphatic rings. The number of methoxy groups -OCH3 is 4. The molecule has 12 rings (SSSR count). The highest BCUT2D eigenvalue weighted by molar-refractivity contribution is 6.31. The van der Waals surface area contributed by atoms with E-state index in [-0.39, 0.29) is 60.8 Å². The van der Waals surface area contributed by atoms with Gasteiger partial charge in [-0.15, -0.1) is 0 Å². The molecule has 98 heavy (non-hydrogen) atoms. The summed E-state index contributed by atoms with van der Waals surface area (Å²) in [4.78, 5) is 77.8. The zero-order chi connectivity index (χ0) is 71.0. The quantitative estimate of drug-likeness (QED) is 0.0778. The second-order valence-corrected chi connectivity index (χ2v) is 27.6. The number of rotatable bonds is 18. The van der Waals surface area contributed by atoms with Gasteiger partial charge in [-0.25, -0.2) is 0 Å². The van der Waals surface area contributed by atoms with Crippen molar-refractivity contribution in [2.45, 2.75) is 208 Å². The number of Topliss-reactive ketones (excluding diaryl/α,β-unsaturated/α-hetero) is 1. The molecule has 28 heteroatoms. The molecule has 4 fully saturated rings. The van der Waals surface area contributed by atoms with Gasteiger partial charge < -0.3 is 113 Å². The first-order valence-electron chi connectivity index (χ1n) is 33.2. The molecule has 28 nitrogen and oxygen atoms in total. The van der Waals surface area contributed by atoms with E-state index in [1.807, 2.05) is 0 Å². The van der Waals surface area contributed by atoms with Crippen molar-refractivity contribution in [1.82, 2.24) is 9.80 Å². The van der Waals surface area contributed by atoms with E-state index in [2.05, 4.69) is 5.11 Å². The lowest BCUT2D eigenvalue weighted by Gasteiger charge is -2.59. The van der Waals surface area contributed by atoms with E-state index in [4.69, 9.17) is 56.8 Å². The van der Waals surface area contributed by atoms with Gasteiger partial charge in [0.15, 0.2) is 60.1 Å². The zero-order valence-corrected chi connectivity index (χ0v) is 57.2.